The molecule has 0 fully saturated rings. The first-order valence-electron chi connectivity index (χ1n) is 5.88. The number of hydrogen-bond donors (Lipinski definition) is 2. The van der Waals surface area contributed by atoms with Crippen molar-refractivity contribution >= 4 is 11.6 Å². The predicted octanol–water partition coefficient (Wildman–Crippen LogP) is 0.179. The highest BCUT2D eigenvalue weighted by atomic mass is 16.3. The molecule has 2 N–H and O–H groups in total. The highest BCUT2D eigenvalue weighted by molar-refractivity contribution is 5.94. The van der Waals surface area contributed by atoms with Gasteiger partial charge in [-0.3, -0.25) is 4.79 Å². The molecule has 5 heteroatoms. The number of carbonyl (C=O) groups excluding carboxylic acids is 1. The molecule has 0 radical (unpaired) electrons. The molecule has 0 heterocycles. The van der Waals surface area contributed by atoms with Crippen molar-refractivity contribution in [2.75, 3.05) is 45.3 Å². The number of anilines is 1. The van der Waals surface area contributed by atoms with E-state index in [0.29, 0.717) is 5.56 Å². The zero-order valence-electron chi connectivity index (χ0n) is 10.8. The number of benzene rings is 1. The molecule has 1 amide bonds. The van der Waals surface area contributed by atoms with Crippen LogP contribution in [0.5, 0.6) is 0 Å². The molecule has 1 aromatic rings. The molecule has 0 bridgehead atoms. The molecule has 0 aliphatic carbocycles. The minimum Gasteiger partial charge on any atom is -0.395 e. The summed E-state index contributed by atoms with van der Waals surface area (Å²) in [7, 11) is 3.86. The molecule has 0 saturated heterocycles. The van der Waals surface area contributed by atoms with Gasteiger partial charge in [0.25, 0.3) is 5.91 Å². The van der Waals surface area contributed by atoms with Crippen LogP contribution in [0.2, 0.25) is 0 Å². The maximum Gasteiger partial charge on any atom is 0.254 e. The lowest BCUT2D eigenvalue weighted by Gasteiger charge is -2.21. The van der Waals surface area contributed by atoms with Crippen LogP contribution in [0.1, 0.15) is 10.4 Å². The third-order valence-electron chi connectivity index (χ3n) is 2.66. The summed E-state index contributed by atoms with van der Waals surface area (Å²) in [6.07, 6.45) is 0. The minimum absolute atomic E-state index is 0.110. The smallest absolute Gasteiger partial charge is 0.254 e. The lowest BCUT2D eigenvalue weighted by atomic mass is 10.1. The average molecular weight is 252 g/mol. The molecule has 5 nitrogen and oxygen atoms in total. The molecular weight excluding hydrogens is 232 g/mol. The molecule has 0 saturated carbocycles. The van der Waals surface area contributed by atoms with E-state index in [1.54, 1.807) is 12.1 Å². The van der Waals surface area contributed by atoms with E-state index in [-0.39, 0.29) is 32.2 Å². The van der Waals surface area contributed by atoms with Gasteiger partial charge in [0.05, 0.1) is 13.2 Å². The molecule has 18 heavy (non-hydrogen) atoms. The van der Waals surface area contributed by atoms with Crippen LogP contribution in [0.25, 0.3) is 0 Å². The van der Waals surface area contributed by atoms with E-state index >= 15 is 0 Å². The molecule has 0 atom stereocenters. The van der Waals surface area contributed by atoms with Gasteiger partial charge in [0, 0.05) is 38.4 Å². The van der Waals surface area contributed by atoms with Gasteiger partial charge < -0.3 is 20.0 Å². The first kappa shape index (κ1) is 14.5. The first-order valence-corrected chi connectivity index (χ1v) is 5.88. The summed E-state index contributed by atoms with van der Waals surface area (Å²) in [6.45, 7) is 0.243. The maximum absolute atomic E-state index is 12.1. The Kier molecular flexibility index (Phi) is 5.61. The molecule has 0 aliphatic rings. The molecule has 100 valence electrons. The molecular formula is C13H20N2O3. The van der Waals surface area contributed by atoms with Crippen LogP contribution in [0.15, 0.2) is 24.3 Å². The SMILES string of the molecule is CN(C)c1ccc(C(=O)N(CCO)CCO)cc1. The van der Waals surface area contributed by atoms with Crippen molar-refractivity contribution in [1.29, 1.82) is 0 Å². The summed E-state index contributed by atoms with van der Waals surface area (Å²) in [6, 6.07) is 7.23. The van der Waals surface area contributed by atoms with Crippen LogP contribution in [0.4, 0.5) is 5.69 Å². The zero-order chi connectivity index (χ0) is 13.5. The second kappa shape index (κ2) is 6.98. The van der Waals surface area contributed by atoms with Crippen molar-refractivity contribution in [3.05, 3.63) is 29.8 Å². The van der Waals surface area contributed by atoms with Crippen molar-refractivity contribution < 1.29 is 15.0 Å². The Hall–Kier alpha value is -1.59. The van der Waals surface area contributed by atoms with Crippen LogP contribution in [0.3, 0.4) is 0 Å². The van der Waals surface area contributed by atoms with E-state index < -0.39 is 0 Å². The standard InChI is InChI=1S/C13H20N2O3/c1-14(2)12-5-3-11(4-6-12)13(18)15(7-9-16)8-10-17/h3-6,16-17H,7-10H2,1-2H3. The molecule has 0 spiro atoms. The monoisotopic (exact) mass is 252 g/mol. The predicted molar refractivity (Wildman–Crippen MR) is 70.8 cm³/mol. The van der Waals surface area contributed by atoms with E-state index in [0.717, 1.165) is 5.69 Å². The van der Waals surface area contributed by atoms with E-state index in [2.05, 4.69) is 0 Å². The summed E-state index contributed by atoms with van der Waals surface area (Å²) in [5.74, 6) is -0.177. The summed E-state index contributed by atoms with van der Waals surface area (Å²) in [5.41, 5.74) is 1.57. The zero-order valence-corrected chi connectivity index (χ0v) is 10.8. The Bertz CT molecular complexity index is 370. The number of hydrogen-bond acceptors (Lipinski definition) is 4. The number of aliphatic hydroxyl groups excluding tert-OH is 2. The summed E-state index contributed by atoms with van der Waals surface area (Å²) < 4.78 is 0. The molecule has 0 aliphatic heterocycles. The van der Waals surface area contributed by atoms with Crippen molar-refractivity contribution in [2.45, 2.75) is 0 Å². The van der Waals surface area contributed by atoms with Crippen molar-refractivity contribution in [2.24, 2.45) is 0 Å². The second-order valence-electron chi connectivity index (χ2n) is 4.18. The molecule has 0 aromatic heterocycles. The third-order valence-corrected chi connectivity index (χ3v) is 2.66. The summed E-state index contributed by atoms with van der Waals surface area (Å²) >= 11 is 0. The Balaban J connectivity index is 2.81. The highest BCUT2D eigenvalue weighted by Gasteiger charge is 2.14. The number of nitrogens with zero attached hydrogens (tertiary/aromatic N) is 2. The van der Waals surface area contributed by atoms with Gasteiger partial charge in [-0.1, -0.05) is 0 Å². The Labute approximate surface area is 107 Å². The quantitative estimate of drug-likeness (QED) is 0.758. The lowest BCUT2D eigenvalue weighted by Crippen LogP contribution is -2.35. The number of carbonyl (C=O) groups is 1. The van der Waals surface area contributed by atoms with Gasteiger partial charge in [-0.15, -0.1) is 0 Å². The first-order chi connectivity index (χ1) is 8.60. The van der Waals surface area contributed by atoms with Gasteiger partial charge >= 0.3 is 0 Å². The van der Waals surface area contributed by atoms with Crippen LogP contribution >= 0.6 is 0 Å². The van der Waals surface area contributed by atoms with E-state index in [4.69, 9.17) is 10.2 Å². The van der Waals surface area contributed by atoms with E-state index in [9.17, 15) is 4.79 Å². The number of amides is 1. The number of rotatable bonds is 6. The number of aliphatic hydroxyl groups is 2. The fourth-order valence-electron chi connectivity index (χ4n) is 1.64. The Morgan fingerprint density at radius 2 is 1.56 bits per heavy atom. The fraction of sp³-hybridized carbons (Fsp3) is 0.462. The molecule has 1 aromatic carbocycles. The van der Waals surface area contributed by atoms with E-state index in [1.165, 1.54) is 4.90 Å². The van der Waals surface area contributed by atoms with Gasteiger partial charge in [0.1, 0.15) is 0 Å². The average Bonchev–Trinajstić information content (AvgIpc) is 2.38. The second-order valence-corrected chi connectivity index (χ2v) is 4.18. The van der Waals surface area contributed by atoms with Crippen molar-refractivity contribution in [3.63, 3.8) is 0 Å². The van der Waals surface area contributed by atoms with Crippen LogP contribution in [-0.2, 0) is 0 Å². The summed E-state index contributed by atoms with van der Waals surface area (Å²) in [4.78, 5) is 15.5. The third kappa shape index (κ3) is 3.72. The normalized spacial score (nSPS) is 10.2. The van der Waals surface area contributed by atoms with Crippen LogP contribution in [-0.4, -0.2) is 61.4 Å². The van der Waals surface area contributed by atoms with Gasteiger partial charge in [-0.25, -0.2) is 0 Å². The van der Waals surface area contributed by atoms with E-state index in [1.807, 2.05) is 31.1 Å². The fourth-order valence-corrected chi connectivity index (χ4v) is 1.64. The van der Waals surface area contributed by atoms with Crippen LogP contribution in [0, 0.1) is 0 Å². The topological polar surface area (TPSA) is 64.0 Å². The Morgan fingerprint density at radius 3 is 1.94 bits per heavy atom. The highest BCUT2D eigenvalue weighted by Crippen LogP contribution is 2.13. The van der Waals surface area contributed by atoms with Crippen molar-refractivity contribution in [1.82, 2.24) is 4.90 Å². The summed E-state index contributed by atoms with van der Waals surface area (Å²) in [5, 5.41) is 17.8. The molecule has 0 unspecified atom stereocenters. The largest absolute Gasteiger partial charge is 0.395 e. The molecule has 1 rings (SSSR count). The maximum atomic E-state index is 12.1. The Morgan fingerprint density at radius 1 is 1.06 bits per heavy atom. The van der Waals surface area contributed by atoms with Gasteiger partial charge in [-0.2, -0.15) is 0 Å². The minimum atomic E-state index is -0.177. The van der Waals surface area contributed by atoms with Crippen LogP contribution < -0.4 is 4.90 Å². The lowest BCUT2D eigenvalue weighted by molar-refractivity contribution is 0.0685. The van der Waals surface area contributed by atoms with Gasteiger partial charge in [0.2, 0.25) is 0 Å². The van der Waals surface area contributed by atoms with Gasteiger partial charge in [0.15, 0.2) is 0 Å². The van der Waals surface area contributed by atoms with Gasteiger partial charge in [-0.05, 0) is 24.3 Å². The van der Waals surface area contributed by atoms with Crippen molar-refractivity contribution in [3.8, 4) is 0 Å².